The minimum atomic E-state index is -3.59. The number of sulfone groups is 1. The smallest absolute Gasteiger partial charge is 0.197 e. The number of hydrogen-bond acceptors (Lipinski definition) is 4. The van der Waals surface area contributed by atoms with Crippen molar-refractivity contribution in [2.24, 2.45) is 0 Å². The van der Waals surface area contributed by atoms with Crippen LogP contribution in [0, 0.1) is 0 Å². The van der Waals surface area contributed by atoms with Gasteiger partial charge in [0.25, 0.3) is 0 Å². The van der Waals surface area contributed by atoms with Crippen molar-refractivity contribution in [1.82, 2.24) is 0 Å². The van der Waals surface area contributed by atoms with Crippen LogP contribution in [0.25, 0.3) is 0 Å². The fourth-order valence-electron chi connectivity index (χ4n) is 1.02. The molecule has 4 nitrogen and oxygen atoms in total. The van der Waals surface area contributed by atoms with E-state index in [1.54, 1.807) is 12.1 Å². The highest BCUT2D eigenvalue weighted by Crippen LogP contribution is 2.15. The molecule has 0 amide bonds. The Balaban J connectivity index is 3.06. The minimum absolute atomic E-state index is 0.195. The third kappa shape index (κ3) is 2.94. The summed E-state index contributed by atoms with van der Waals surface area (Å²) in [5.74, 6) is -0.661. The number of rotatable bonds is 3. The van der Waals surface area contributed by atoms with Crippen molar-refractivity contribution in [3.63, 3.8) is 0 Å². The first-order valence-electron chi connectivity index (χ1n) is 4.05. The Bertz CT molecular complexity index is 484. The van der Waals surface area contributed by atoms with Crippen LogP contribution < -0.4 is 5.73 Å². The van der Waals surface area contributed by atoms with E-state index in [4.69, 9.17) is 17.3 Å². The lowest BCUT2D eigenvalue weighted by Crippen LogP contribution is -2.23. The lowest BCUT2D eigenvalue weighted by atomic mass is 10.1. The maximum absolute atomic E-state index is 11.6. The first kappa shape index (κ1) is 12.0. The van der Waals surface area contributed by atoms with Gasteiger partial charge in [-0.25, -0.2) is 8.42 Å². The number of benzene rings is 1. The Labute approximate surface area is 93.0 Å². The molecule has 6 heteroatoms. The van der Waals surface area contributed by atoms with Crippen molar-refractivity contribution in [2.75, 3.05) is 12.0 Å². The summed E-state index contributed by atoms with van der Waals surface area (Å²) in [6.45, 7) is 0. The van der Waals surface area contributed by atoms with Crippen LogP contribution in [-0.4, -0.2) is 25.2 Å². The van der Waals surface area contributed by atoms with Gasteiger partial charge in [-0.05, 0) is 12.1 Å². The van der Waals surface area contributed by atoms with Gasteiger partial charge in [-0.1, -0.05) is 23.7 Å². The van der Waals surface area contributed by atoms with Crippen LogP contribution >= 0.6 is 11.6 Å². The molecule has 0 bridgehead atoms. The third-order valence-electron chi connectivity index (χ3n) is 1.75. The molecule has 0 radical (unpaired) electrons. The molecule has 0 aliphatic rings. The van der Waals surface area contributed by atoms with Gasteiger partial charge in [-0.2, -0.15) is 0 Å². The number of nitrogens with two attached hydrogens (primary N) is 1. The Morgan fingerprint density at radius 1 is 1.47 bits per heavy atom. The zero-order valence-electron chi connectivity index (χ0n) is 7.98. The molecule has 0 aliphatic carbocycles. The summed E-state index contributed by atoms with van der Waals surface area (Å²) < 4.78 is 20.5. The van der Waals surface area contributed by atoms with Crippen molar-refractivity contribution in [3.05, 3.63) is 29.8 Å². The number of alkyl halides is 1. The summed E-state index contributed by atoms with van der Waals surface area (Å²) in [6.07, 6.45) is 0.912. The zero-order chi connectivity index (χ0) is 11.6. The van der Waals surface area contributed by atoms with Gasteiger partial charge in [-0.3, -0.25) is 4.79 Å². The molecule has 0 unspecified atom stereocenters. The summed E-state index contributed by atoms with van der Waals surface area (Å²) in [4.78, 5) is 11.6. The van der Waals surface area contributed by atoms with Crippen molar-refractivity contribution in [1.29, 1.82) is 0 Å². The van der Waals surface area contributed by atoms with Crippen LogP contribution in [-0.2, 0) is 9.84 Å². The summed E-state index contributed by atoms with van der Waals surface area (Å²) in [7, 11) is -3.59. The Morgan fingerprint density at radius 3 is 2.53 bits per heavy atom. The van der Waals surface area contributed by atoms with Crippen LogP contribution in [0.2, 0.25) is 0 Å². The largest absolute Gasteiger partial charge is 0.399 e. The van der Waals surface area contributed by atoms with Gasteiger partial charge in [0.15, 0.2) is 20.3 Å². The Morgan fingerprint density at radius 2 is 2.07 bits per heavy atom. The normalized spacial score (nSPS) is 13.5. The number of Topliss-reactive ketones (excluding diaryl/α,β-unsaturated/α-hetero) is 1. The SMILES string of the molecule is CS(=O)(=O)[C@H](Cl)C(=O)c1cccc(N)c1. The van der Waals surface area contributed by atoms with E-state index in [-0.39, 0.29) is 5.56 Å². The molecule has 2 N–H and O–H groups in total. The van der Waals surface area contributed by atoms with Crippen molar-refractivity contribution in [3.8, 4) is 0 Å². The molecule has 0 spiro atoms. The first-order valence-corrected chi connectivity index (χ1v) is 6.44. The lowest BCUT2D eigenvalue weighted by Gasteiger charge is -2.06. The average Bonchev–Trinajstić information content (AvgIpc) is 2.14. The second-order valence-corrected chi connectivity index (χ2v) is 5.96. The number of anilines is 1. The lowest BCUT2D eigenvalue weighted by molar-refractivity contribution is 0.101. The van der Waals surface area contributed by atoms with Gasteiger partial charge < -0.3 is 5.73 Å². The van der Waals surface area contributed by atoms with Crippen LogP contribution in [0.5, 0.6) is 0 Å². The summed E-state index contributed by atoms with van der Waals surface area (Å²) in [5, 5.41) is 0. The molecule has 0 saturated heterocycles. The van der Waals surface area contributed by atoms with Gasteiger partial charge in [-0.15, -0.1) is 0 Å². The van der Waals surface area contributed by atoms with Gasteiger partial charge >= 0.3 is 0 Å². The van der Waals surface area contributed by atoms with Crippen LogP contribution in [0.3, 0.4) is 0 Å². The molecule has 15 heavy (non-hydrogen) atoms. The number of carbonyl (C=O) groups excluding carboxylic acids is 1. The first-order chi connectivity index (χ1) is 6.82. The maximum atomic E-state index is 11.6. The fourth-order valence-corrected chi connectivity index (χ4v) is 1.67. The minimum Gasteiger partial charge on any atom is -0.399 e. The molecule has 0 fully saturated rings. The van der Waals surface area contributed by atoms with E-state index in [0.717, 1.165) is 6.26 Å². The van der Waals surface area contributed by atoms with Gasteiger partial charge in [0.1, 0.15) is 0 Å². The van der Waals surface area contributed by atoms with E-state index in [0.29, 0.717) is 5.69 Å². The topological polar surface area (TPSA) is 77.2 Å². The number of halogens is 1. The summed E-state index contributed by atoms with van der Waals surface area (Å²) >= 11 is 5.52. The van der Waals surface area contributed by atoms with Crippen molar-refractivity contribution in [2.45, 2.75) is 4.71 Å². The maximum Gasteiger partial charge on any atom is 0.197 e. The van der Waals surface area contributed by atoms with Crippen LogP contribution in [0.1, 0.15) is 10.4 Å². The summed E-state index contributed by atoms with van der Waals surface area (Å²) in [5.41, 5.74) is 6.04. The second kappa shape index (κ2) is 4.20. The number of hydrogen-bond donors (Lipinski definition) is 1. The zero-order valence-corrected chi connectivity index (χ0v) is 9.55. The van der Waals surface area contributed by atoms with E-state index in [9.17, 15) is 13.2 Å². The predicted molar refractivity (Wildman–Crippen MR) is 59.7 cm³/mol. The van der Waals surface area contributed by atoms with E-state index < -0.39 is 20.3 Å². The highest BCUT2D eigenvalue weighted by Gasteiger charge is 2.27. The molecule has 1 atom stereocenters. The number of ketones is 1. The third-order valence-corrected chi connectivity index (χ3v) is 3.89. The number of carbonyl (C=O) groups is 1. The van der Waals surface area contributed by atoms with Crippen molar-refractivity contribution < 1.29 is 13.2 Å². The van der Waals surface area contributed by atoms with E-state index in [2.05, 4.69) is 0 Å². The highest BCUT2D eigenvalue weighted by atomic mass is 35.5. The van der Waals surface area contributed by atoms with Crippen LogP contribution in [0.4, 0.5) is 5.69 Å². The number of nitrogen functional groups attached to an aromatic ring is 1. The predicted octanol–water partition coefficient (Wildman–Crippen LogP) is 1.06. The van der Waals surface area contributed by atoms with Gasteiger partial charge in [0, 0.05) is 17.5 Å². The monoisotopic (exact) mass is 247 g/mol. The molecule has 0 heterocycles. The Kier molecular flexibility index (Phi) is 3.36. The van der Waals surface area contributed by atoms with E-state index in [1.807, 2.05) is 0 Å². The molecule has 0 saturated carbocycles. The molecule has 1 aromatic carbocycles. The second-order valence-electron chi connectivity index (χ2n) is 3.14. The molecular weight excluding hydrogens is 238 g/mol. The van der Waals surface area contributed by atoms with E-state index >= 15 is 0 Å². The molecule has 1 aromatic rings. The fraction of sp³-hybridized carbons (Fsp3) is 0.222. The van der Waals surface area contributed by atoms with Gasteiger partial charge in [0.2, 0.25) is 0 Å². The van der Waals surface area contributed by atoms with Gasteiger partial charge in [0.05, 0.1) is 0 Å². The molecule has 0 aliphatic heterocycles. The molecule has 82 valence electrons. The summed E-state index contributed by atoms with van der Waals surface area (Å²) in [6, 6.07) is 6.02. The molecule has 1 rings (SSSR count). The quantitative estimate of drug-likeness (QED) is 0.492. The molecular formula is C9H10ClNO3S. The van der Waals surface area contributed by atoms with Crippen molar-refractivity contribution >= 4 is 32.9 Å². The molecule has 0 aromatic heterocycles. The average molecular weight is 248 g/mol. The van der Waals surface area contributed by atoms with E-state index in [1.165, 1.54) is 12.1 Å². The highest BCUT2D eigenvalue weighted by molar-refractivity contribution is 7.93. The van der Waals surface area contributed by atoms with Crippen LogP contribution in [0.15, 0.2) is 24.3 Å². The Hall–Kier alpha value is -1.07. The standard InChI is InChI=1S/C9H10ClNO3S/c1-15(13,14)9(10)8(12)6-3-2-4-7(11)5-6/h2-5,9H,11H2,1H3/t9-/m0/s1.